The highest BCUT2D eigenvalue weighted by Gasteiger charge is 2.14. The summed E-state index contributed by atoms with van der Waals surface area (Å²) in [6, 6.07) is 12.4. The van der Waals surface area contributed by atoms with E-state index in [0.717, 1.165) is 41.5 Å². The predicted molar refractivity (Wildman–Crippen MR) is 88.2 cm³/mol. The Morgan fingerprint density at radius 3 is 2.65 bits per heavy atom. The van der Waals surface area contributed by atoms with Crippen molar-refractivity contribution in [1.82, 2.24) is 0 Å². The van der Waals surface area contributed by atoms with Gasteiger partial charge < -0.3 is 19.4 Å². The van der Waals surface area contributed by atoms with E-state index in [9.17, 15) is 0 Å². The number of hydrogen-bond donors (Lipinski definition) is 1. The van der Waals surface area contributed by atoms with Gasteiger partial charge in [-0.1, -0.05) is 12.1 Å². The molecule has 0 bridgehead atoms. The molecular formula is C15H17IN2O2. The third-order valence-corrected chi connectivity index (χ3v) is 3.92. The van der Waals surface area contributed by atoms with E-state index < -0.39 is 0 Å². The number of ether oxygens (including phenoxy) is 1. The molecule has 0 saturated carbocycles. The second kappa shape index (κ2) is 6.49. The van der Waals surface area contributed by atoms with Crippen molar-refractivity contribution >= 4 is 34.0 Å². The van der Waals surface area contributed by atoms with E-state index in [2.05, 4.69) is 57.1 Å². The van der Waals surface area contributed by atoms with Crippen LogP contribution in [-0.4, -0.2) is 26.3 Å². The van der Waals surface area contributed by atoms with Gasteiger partial charge in [-0.15, -0.1) is 0 Å². The van der Waals surface area contributed by atoms with Gasteiger partial charge in [-0.25, -0.2) is 0 Å². The Balaban J connectivity index is 1.72. The molecule has 1 aliphatic rings. The normalized spacial score (nSPS) is 15.3. The Morgan fingerprint density at radius 2 is 1.90 bits per heavy atom. The average molecular weight is 384 g/mol. The van der Waals surface area contributed by atoms with Gasteiger partial charge in [0.25, 0.3) is 0 Å². The van der Waals surface area contributed by atoms with Gasteiger partial charge in [-0.3, -0.25) is 0 Å². The number of halogens is 1. The largest absolute Gasteiger partial charge is 0.454 e. The molecule has 5 heteroatoms. The number of benzene rings is 1. The lowest BCUT2D eigenvalue weighted by Crippen LogP contribution is -2.36. The van der Waals surface area contributed by atoms with Crippen LogP contribution in [0.2, 0.25) is 0 Å². The fourth-order valence-corrected chi connectivity index (χ4v) is 2.79. The lowest BCUT2D eigenvalue weighted by atomic mass is 10.2. The SMILES string of the molecule is Ic1ccc(CNc2ccccc2N2CCOCC2)o1. The summed E-state index contributed by atoms with van der Waals surface area (Å²) in [6.07, 6.45) is 0. The third-order valence-electron chi connectivity index (χ3n) is 3.34. The molecule has 1 fully saturated rings. The zero-order valence-corrected chi connectivity index (χ0v) is 13.3. The molecule has 0 atom stereocenters. The zero-order valence-electron chi connectivity index (χ0n) is 11.1. The second-order valence-electron chi connectivity index (χ2n) is 4.68. The maximum Gasteiger partial charge on any atom is 0.164 e. The molecule has 0 radical (unpaired) electrons. The summed E-state index contributed by atoms with van der Waals surface area (Å²) in [4.78, 5) is 2.36. The molecule has 2 heterocycles. The van der Waals surface area contributed by atoms with E-state index in [1.807, 2.05) is 12.1 Å². The summed E-state index contributed by atoms with van der Waals surface area (Å²) in [5.74, 6) is 0.950. The number of hydrogen-bond acceptors (Lipinski definition) is 4. The molecule has 0 unspecified atom stereocenters. The van der Waals surface area contributed by atoms with Crippen LogP contribution in [0.15, 0.2) is 40.8 Å². The van der Waals surface area contributed by atoms with Crippen molar-refractivity contribution < 1.29 is 9.15 Å². The van der Waals surface area contributed by atoms with Crippen LogP contribution in [0.5, 0.6) is 0 Å². The first-order chi connectivity index (χ1) is 9.83. The minimum absolute atomic E-state index is 0.699. The van der Waals surface area contributed by atoms with Crippen LogP contribution in [0.3, 0.4) is 0 Å². The number of nitrogens with one attached hydrogen (secondary N) is 1. The van der Waals surface area contributed by atoms with E-state index >= 15 is 0 Å². The minimum Gasteiger partial charge on any atom is -0.454 e. The number of rotatable bonds is 4. The minimum atomic E-state index is 0.699. The first-order valence-corrected chi connectivity index (χ1v) is 7.80. The van der Waals surface area contributed by atoms with Crippen LogP contribution in [0.1, 0.15) is 5.76 Å². The summed E-state index contributed by atoms with van der Waals surface area (Å²) in [6.45, 7) is 4.18. The Bertz CT molecular complexity index is 565. The third kappa shape index (κ3) is 3.27. The molecule has 3 rings (SSSR count). The van der Waals surface area contributed by atoms with Gasteiger partial charge in [0.2, 0.25) is 0 Å². The standard InChI is InChI=1S/C15H17IN2O2/c16-15-6-5-12(20-15)11-17-13-3-1-2-4-14(13)18-7-9-19-10-8-18/h1-6,17H,7-11H2. The van der Waals surface area contributed by atoms with Gasteiger partial charge in [0.15, 0.2) is 3.77 Å². The molecule has 1 aromatic heterocycles. The van der Waals surface area contributed by atoms with E-state index in [0.29, 0.717) is 6.54 Å². The van der Waals surface area contributed by atoms with Crippen LogP contribution >= 0.6 is 22.6 Å². The summed E-state index contributed by atoms with van der Waals surface area (Å²) in [7, 11) is 0. The molecule has 20 heavy (non-hydrogen) atoms. The molecule has 1 saturated heterocycles. The van der Waals surface area contributed by atoms with Crippen molar-refractivity contribution in [3.63, 3.8) is 0 Å². The quantitative estimate of drug-likeness (QED) is 0.821. The van der Waals surface area contributed by atoms with E-state index in [-0.39, 0.29) is 0 Å². The first-order valence-electron chi connectivity index (χ1n) is 6.73. The maximum atomic E-state index is 5.58. The molecule has 1 aromatic carbocycles. The highest BCUT2D eigenvalue weighted by atomic mass is 127. The Labute approximate surface area is 132 Å². The van der Waals surface area contributed by atoms with Gasteiger partial charge in [0.1, 0.15) is 5.76 Å². The lowest BCUT2D eigenvalue weighted by Gasteiger charge is -2.30. The zero-order chi connectivity index (χ0) is 13.8. The topological polar surface area (TPSA) is 37.6 Å². The smallest absolute Gasteiger partial charge is 0.164 e. The molecule has 0 spiro atoms. The van der Waals surface area contributed by atoms with Crippen LogP contribution in [0, 0.1) is 3.77 Å². The summed E-state index contributed by atoms with van der Waals surface area (Å²) in [5.41, 5.74) is 2.37. The van der Waals surface area contributed by atoms with Crippen molar-refractivity contribution in [3.8, 4) is 0 Å². The fourth-order valence-electron chi connectivity index (χ4n) is 2.33. The monoisotopic (exact) mass is 384 g/mol. The Kier molecular flexibility index (Phi) is 4.47. The predicted octanol–water partition coefficient (Wildman–Crippen LogP) is 3.33. The van der Waals surface area contributed by atoms with E-state index in [4.69, 9.17) is 9.15 Å². The molecule has 0 amide bonds. The molecule has 2 aromatic rings. The maximum absolute atomic E-state index is 5.58. The van der Waals surface area contributed by atoms with Crippen molar-refractivity contribution in [2.45, 2.75) is 6.54 Å². The number of morpholine rings is 1. The summed E-state index contributed by atoms with van der Waals surface area (Å²) < 4.78 is 11.9. The molecule has 1 N–H and O–H groups in total. The van der Waals surface area contributed by atoms with Gasteiger partial charge in [0.05, 0.1) is 31.1 Å². The highest BCUT2D eigenvalue weighted by Crippen LogP contribution is 2.27. The summed E-state index contributed by atoms with van der Waals surface area (Å²) in [5, 5.41) is 3.46. The number of anilines is 2. The van der Waals surface area contributed by atoms with Crippen LogP contribution < -0.4 is 10.2 Å². The van der Waals surface area contributed by atoms with Crippen LogP contribution in [0.25, 0.3) is 0 Å². The van der Waals surface area contributed by atoms with Gasteiger partial charge in [-0.2, -0.15) is 0 Å². The van der Waals surface area contributed by atoms with Gasteiger partial charge in [0, 0.05) is 13.1 Å². The Morgan fingerprint density at radius 1 is 1.10 bits per heavy atom. The van der Waals surface area contributed by atoms with Crippen molar-refractivity contribution in [2.75, 3.05) is 36.5 Å². The number of para-hydroxylation sites is 2. The number of furan rings is 1. The molecule has 4 nitrogen and oxygen atoms in total. The highest BCUT2D eigenvalue weighted by molar-refractivity contribution is 14.1. The Hall–Kier alpha value is -1.21. The second-order valence-corrected chi connectivity index (χ2v) is 5.74. The summed E-state index contributed by atoms with van der Waals surface area (Å²) >= 11 is 2.18. The van der Waals surface area contributed by atoms with Crippen molar-refractivity contribution in [3.05, 3.63) is 45.9 Å². The number of nitrogens with zero attached hydrogens (tertiary/aromatic N) is 1. The molecule has 106 valence electrons. The van der Waals surface area contributed by atoms with Crippen LogP contribution in [-0.2, 0) is 11.3 Å². The van der Waals surface area contributed by atoms with Gasteiger partial charge >= 0.3 is 0 Å². The van der Waals surface area contributed by atoms with Crippen molar-refractivity contribution in [1.29, 1.82) is 0 Å². The van der Waals surface area contributed by atoms with Gasteiger partial charge in [-0.05, 0) is 46.9 Å². The molecular weight excluding hydrogens is 367 g/mol. The fraction of sp³-hybridized carbons (Fsp3) is 0.333. The first kappa shape index (κ1) is 13.8. The van der Waals surface area contributed by atoms with E-state index in [1.165, 1.54) is 5.69 Å². The van der Waals surface area contributed by atoms with Crippen LogP contribution in [0.4, 0.5) is 11.4 Å². The van der Waals surface area contributed by atoms with Crippen molar-refractivity contribution in [2.24, 2.45) is 0 Å². The molecule has 0 aliphatic carbocycles. The van der Waals surface area contributed by atoms with E-state index in [1.54, 1.807) is 0 Å². The molecule has 1 aliphatic heterocycles. The lowest BCUT2D eigenvalue weighted by molar-refractivity contribution is 0.123. The average Bonchev–Trinajstić information content (AvgIpc) is 2.92.